The monoisotopic (exact) mass is 478 g/mol. The van der Waals surface area contributed by atoms with E-state index in [2.05, 4.69) is 0 Å². The van der Waals surface area contributed by atoms with Crippen molar-refractivity contribution in [3.05, 3.63) is 93.5 Å². The predicted octanol–water partition coefficient (Wildman–Crippen LogP) is 5.11. The van der Waals surface area contributed by atoms with Crippen LogP contribution in [0.25, 0.3) is 0 Å². The molecule has 0 fully saturated rings. The first-order chi connectivity index (χ1) is 14.7. The molecule has 0 saturated carbocycles. The fraction of sp³-hybridized carbons (Fsp3) is 0.0909. The van der Waals surface area contributed by atoms with Crippen molar-refractivity contribution in [3.63, 3.8) is 0 Å². The van der Waals surface area contributed by atoms with Crippen molar-refractivity contribution in [2.45, 2.75) is 11.8 Å². The number of aryl methyl sites for hydroxylation is 1. The second kappa shape index (κ2) is 9.51. The Morgan fingerprint density at radius 3 is 2.16 bits per heavy atom. The van der Waals surface area contributed by atoms with Crippen molar-refractivity contribution in [3.8, 4) is 5.75 Å². The summed E-state index contributed by atoms with van der Waals surface area (Å²) in [4.78, 5) is 24.4. The van der Waals surface area contributed by atoms with Crippen LogP contribution >= 0.6 is 23.2 Å². The number of halogens is 2. The zero-order valence-electron chi connectivity index (χ0n) is 16.2. The highest BCUT2D eigenvalue weighted by Gasteiger charge is 2.18. The number of ether oxygens (including phenoxy) is 1. The Morgan fingerprint density at radius 1 is 0.903 bits per heavy atom. The lowest BCUT2D eigenvalue weighted by atomic mass is 10.1. The van der Waals surface area contributed by atoms with E-state index in [4.69, 9.17) is 32.1 Å². The molecule has 3 aromatic carbocycles. The van der Waals surface area contributed by atoms with E-state index in [1.165, 1.54) is 54.6 Å². The van der Waals surface area contributed by atoms with Crippen LogP contribution < -0.4 is 4.18 Å². The first kappa shape index (κ1) is 22.8. The van der Waals surface area contributed by atoms with E-state index in [0.29, 0.717) is 5.02 Å². The highest BCUT2D eigenvalue weighted by Crippen LogP contribution is 2.22. The summed E-state index contributed by atoms with van der Waals surface area (Å²) in [5.41, 5.74) is 1.22. The first-order valence-electron chi connectivity index (χ1n) is 8.92. The van der Waals surface area contributed by atoms with Crippen LogP contribution in [0.15, 0.2) is 71.6 Å². The molecule has 0 amide bonds. The minimum Gasteiger partial charge on any atom is -0.454 e. The Bertz CT molecular complexity index is 1220. The number of Topliss-reactive ketones (excluding diaryl/α,β-unsaturated/α-hetero) is 1. The number of hydrogen-bond acceptors (Lipinski definition) is 6. The third-order valence-corrected chi connectivity index (χ3v) is 5.99. The van der Waals surface area contributed by atoms with E-state index < -0.39 is 28.5 Å². The van der Waals surface area contributed by atoms with Crippen LogP contribution in [-0.2, 0) is 14.9 Å². The van der Waals surface area contributed by atoms with Crippen molar-refractivity contribution in [1.29, 1.82) is 0 Å². The van der Waals surface area contributed by atoms with E-state index in [9.17, 15) is 18.0 Å². The molecule has 31 heavy (non-hydrogen) atoms. The molecular weight excluding hydrogens is 463 g/mol. The molecule has 160 valence electrons. The number of hydrogen-bond donors (Lipinski definition) is 0. The van der Waals surface area contributed by atoms with Gasteiger partial charge in [-0.2, -0.15) is 8.42 Å². The third-order valence-electron chi connectivity index (χ3n) is 4.18. The number of benzene rings is 3. The van der Waals surface area contributed by atoms with Gasteiger partial charge >= 0.3 is 16.1 Å². The van der Waals surface area contributed by atoms with Gasteiger partial charge < -0.3 is 8.92 Å². The molecule has 0 atom stereocenters. The summed E-state index contributed by atoms with van der Waals surface area (Å²) in [5.74, 6) is -1.20. The summed E-state index contributed by atoms with van der Waals surface area (Å²) in [6.07, 6.45) is 0. The average molecular weight is 479 g/mol. The third kappa shape index (κ3) is 5.85. The molecule has 0 aliphatic rings. The lowest BCUT2D eigenvalue weighted by Crippen LogP contribution is -2.15. The molecular formula is C22H16Cl2O6S. The van der Waals surface area contributed by atoms with E-state index in [-0.39, 0.29) is 26.8 Å². The Morgan fingerprint density at radius 2 is 1.55 bits per heavy atom. The van der Waals surface area contributed by atoms with Gasteiger partial charge in [-0.1, -0.05) is 40.9 Å². The number of carbonyl (C=O) groups is 2. The average Bonchev–Trinajstić information content (AvgIpc) is 2.72. The fourth-order valence-electron chi connectivity index (χ4n) is 2.52. The van der Waals surface area contributed by atoms with Crippen LogP contribution in [-0.4, -0.2) is 26.8 Å². The van der Waals surface area contributed by atoms with Crippen molar-refractivity contribution < 1.29 is 26.9 Å². The minimum absolute atomic E-state index is 0.0195. The number of rotatable bonds is 7. The summed E-state index contributed by atoms with van der Waals surface area (Å²) in [7, 11) is -4.00. The SMILES string of the molecule is Cc1ccc(S(=O)(=O)Oc2ccc(C(=O)COC(=O)c3ccc(Cl)cc3Cl)cc2)cc1. The molecule has 3 aromatic rings. The van der Waals surface area contributed by atoms with Crippen molar-refractivity contribution >= 4 is 45.1 Å². The Labute approximate surface area is 189 Å². The molecule has 0 heterocycles. The summed E-state index contributed by atoms with van der Waals surface area (Å²) in [5, 5.41) is 0.477. The summed E-state index contributed by atoms with van der Waals surface area (Å²) < 4.78 is 34.7. The van der Waals surface area contributed by atoms with Gasteiger partial charge in [0.2, 0.25) is 0 Å². The van der Waals surface area contributed by atoms with Gasteiger partial charge in [-0.3, -0.25) is 4.79 Å². The Balaban J connectivity index is 1.62. The van der Waals surface area contributed by atoms with E-state index in [1.54, 1.807) is 12.1 Å². The molecule has 0 bridgehead atoms. The minimum atomic E-state index is -4.00. The Kier molecular flexibility index (Phi) is 7.00. The van der Waals surface area contributed by atoms with Crippen LogP contribution in [0.4, 0.5) is 0 Å². The number of esters is 1. The standard InChI is InChI=1S/C22H16Cl2O6S/c1-14-2-9-18(10-3-14)31(27,28)30-17-7-4-15(5-8-17)21(25)13-29-22(26)19-11-6-16(23)12-20(19)24/h2-12H,13H2,1H3. The van der Waals surface area contributed by atoms with Crippen molar-refractivity contribution in [2.24, 2.45) is 0 Å². The maximum atomic E-state index is 12.3. The molecule has 0 radical (unpaired) electrons. The van der Waals surface area contributed by atoms with Crippen LogP contribution in [0.1, 0.15) is 26.3 Å². The van der Waals surface area contributed by atoms with Gasteiger partial charge in [0.05, 0.1) is 10.6 Å². The van der Waals surface area contributed by atoms with Gasteiger partial charge in [0.1, 0.15) is 10.6 Å². The maximum Gasteiger partial charge on any atom is 0.340 e. The molecule has 0 unspecified atom stereocenters. The van der Waals surface area contributed by atoms with Crippen molar-refractivity contribution in [2.75, 3.05) is 6.61 Å². The normalized spacial score (nSPS) is 11.1. The molecule has 3 rings (SSSR count). The van der Waals surface area contributed by atoms with Crippen LogP contribution in [0.2, 0.25) is 10.0 Å². The Hall–Kier alpha value is -2.87. The zero-order valence-corrected chi connectivity index (χ0v) is 18.5. The summed E-state index contributed by atoms with van der Waals surface area (Å²) in [6.45, 7) is 1.33. The lowest BCUT2D eigenvalue weighted by Gasteiger charge is -2.09. The molecule has 0 spiro atoms. The predicted molar refractivity (Wildman–Crippen MR) is 117 cm³/mol. The summed E-state index contributed by atoms with van der Waals surface area (Å²) >= 11 is 11.7. The van der Waals surface area contributed by atoms with Gasteiger partial charge in [-0.05, 0) is 61.5 Å². The molecule has 6 nitrogen and oxygen atoms in total. The molecule has 0 aliphatic carbocycles. The molecule has 0 aromatic heterocycles. The van der Waals surface area contributed by atoms with Gasteiger partial charge in [0.15, 0.2) is 12.4 Å². The van der Waals surface area contributed by atoms with E-state index in [1.807, 2.05) is 6.92 Å². The number of ketones is 1. The molecule has 9 heteroatoms. The first-order valence-corrected chi connectivity index (χ1v) is 11.1. The highest BCUT2D eigenvalue weighted by molar-refractivity contribution is 7.87. The molecule has 0 saturated heterocycles. The maximum absolute atomic E-state index is 12.3. The second-order valence-electron chi connectivity index (χ2n) is 6.50. The quantitative estimate of drug-likeness (QED) is 0.266. The van der Waals surface area contributed by atoms with Gasteiger partial charge in [0, 0.05) is 10.6 Å². The second-order valence-corrected chi connectivity index (χ2v) is 8.89. The number of carbonyl (C=O) groups excluding carboxylic acids is 2. The van der Waals surface area contributed by atoms with E-state index in [0.717, 1.165) is 5.56 Å². The van der Waals surface area contributed by atoms with Gasteiger partial charge in [-0.25, -0.2) is 4.79 Å². The van der Waals surface area contributed by atoms with Crippen LogP contribution in [0, 0.1) is 6.92 Å². The lowest BCUT2D eigenvalue weighted by molar-refractivity contribution is 0.0475. The molecule has 0 aliphatic heterocycles. The zero-order chi connectivity index (χ0) is 22.6. The van der Waals surface area contributed by atoms with Gasteiger partial charge in [-0.15, -0.1) is 0 Å². The fourth-order valence-corrected chi connectivity index (χ4v) is 3.94. The van der Waals surface area contributed by atoms with Crippen LogP contribution in [0.3, 0.4) is 0 Å². The van der Waals surface area contributed by atoms with Crippen molar-refractivity contribution in [1.82, 2.24) is 0 Å². The van der Waals surface area contributed by atoms with E-state index >= 15 is 0 Å². The largest absolute Gasteiger partial charge is 0.454 e. The van der Waals surface area contributed by atoms with Crippen LogP contribution in [0.5, 0.6) is 5.75 Å². The van der Waals surface area contributed by atoms with Gasteiger partial charge in [0.25, 0.3) is 0 Å². The smallest absolute Gasteiger partial charge is 0.340 e. The summed E-state index contributed by atoms with van der Waals surface area (Å²) in [6, 6.07) is 15.9. The highest BCUT2D eigenvalue weighted by atomic mass is 35.5. The molecule has 0 N–H and O–H groups in total. The topological polar surface area (TPSA) is 86.7 Å².